The minimum Gasteiger partial charge on any atom is -0.490 e. The van der Waals surface area contributed by atoms with Gasteiger partial charge in [-0.25, -0.2) is 4.98 Å². The van der Waals surface area contributed by atoms with Gasteiger partial charge in [0.2, 0.25) is 0 Å². The van der Waals surface area contributed by atoms with Crippen LogP contribution in [-0.4, -0.2) is 16.1 Å². The number of nitrogens with zero attached hydrogens (tertiary/aromatic N) is 1. The number of rotatable bonds is 3. The molecule has 3 aromatic rings. The first-order valence-corrected chi connectivity index (χ1v) is 6.44. The molecule has 0 fully saturated rings. The van der Waals surface area contributed by atoms with E-state index in [1.165, 1.54) is 0 Å². The van der Waals surface area contributed by atoms with Crippen molar-refractivity contribution in [3.8, 4) is 16.9 Å². The largest absolute Gasteiger partial charge is 0.490 e. The molecule has 3 nitrogen and oxygen atoms in total. The molecule has 3 heteroatoms. The minimum atomic E-state index is 0.143. The Hall–Kier alpha value is -2.29. The Morgan fingerprint density at radius 1 is 1.11 bits per heavy atom. The fourth-order valence-corrected chi connectivity index (χ4v) is 2.22. The highest BCUT2D eigenvalue weighted by Gasteiger charge is 2.12. The molecule has 0 aliphatic heterocycles. The van der Waals surface area contributed by atoms with Crippen LogP contribution in [0.2, 0.25) is 0 Å². The first kappa shape index (κ1) is 11.8. The highest BCUT2D eigenvalue weighted by molar-refractivity contribution is 5.97. The number of nitrogens with one attached hydrogen (secondary N) is 1. The molecule has 19 heavy (non-hydrogen) atoms. The van der Waals surface area contributed by atoms with Gasteiger partial charge in [-0.05, 0) is 25.5 Å². The summed E-state index contributed by atoms with van der Waals surface area (Å²) in [5.41, 5.74) is 3.15. The van der Waals surface area contributed by atoms with Crippen LogP contribution in [0, 0.1) is 0 Å². The number of fused-ring (bicyclic) bond motifs is 1. The summed E-state index contributed by atoms with van der Waals surface area (Å²) in [6, 6.07) is 12.2. The average Bonchev–Trinajstić information content (AvgIpc) is 2.84. The minimum absolute atomic E-state index is 0.143. The zero-order valence-corrected chi connectivity index (χ0v) is 11.1. The van der Waals surface area contributed by atoms with Crippen molar-refractivity contribution >= 4 is 11.0 Å². The molecule has 96 valence electrons. The van der Waals surface area contributed by atoms with Gasteiger partial charge in [0.05, 0.1) is 11.5 Å². The summed E-state index contributed by atoms with van der Waals surface area (Å²) in [5.74, 6) is 0.875. The average molecular weight is 252 g/mol. The Kier molecular flexibility index (Phi) is 2.95. The maximum absolute atomic E-state index is 5.89. The van der Waals surface area contributed by atoms with Gasteiger partial charge in [-0.3, -0.25) is 0 Å². The van der Waals surface area contributed by atoms with Crippen LogP contribution in [0.5, 0.6) is 5.75 Å². The van der Waals surface area contributed by atoms with E-state index < -0.39 is 0 Å². The number of ether oxygens (including phenoxy) is 1. The number of aromatic amines is 1. The summed E-state index contributed by atoms with van der Waals surface area (Å²) in [7, 11) is 0. The van der Waals surface area contributed by atoms with E-state index in [1.807, 2.05) is 44.3 Å². The molecule has 0 amide bonds. The maximum Gasteiger partial charge on any atom is 0.141 e. The quantitative estimate of drug-likeness (QED) is 0.764. The summed E-state index contributed by atoms with van der Waals surface area (Å²) in [5, 5.41) is 1.04. The Morgan fingerprint density at radius 2 is 1.89 bits per heavy atom. The zero-order valence-electron chi connectivity index (χ0n) is 11.1. The van der Waals surface area contributed by atoms with Gasteiger partial charge in [-0.15, -0.1) is 0 Å². The molecule has 0 saturated carbocycles. The van der Waals surface area contributed by atoms with E-state index in [0.717, 1.165) is 27.9 Å². The van der Waals surface area contributed by atoms with E-state index in [2.05, 4.69) is 22.1 Å². The Morgan fingerprint density at radius 3 is 2.63 bits per heavy atom. The van der Waals surface area contributed by atoms with Crippen LogP contribution in [0.15, 0.2) is 48.8 Å². The topological polar surface area (TPSA) is 37.9 Å². The molecule has 0 aliphatic carbocycles. The van der Waals surface area contributed by atoms with Crippen molar-refractivity contribution < 1.29 is 4.74 Å². The second-order valence-electron chi connectivity index (χ2n) is 4.77. The van der Waals surface area contributed by atoms with Gasteiger partial charge in [-0.2, -0.15) is 0 Å². The highest BCUT2D eigenvalue weighted by Crippen LogP contribution is 2.34. The third-order valence-electron chi connectivity index (χ3n) is 2.98. The molecule has 2 heterocycles. The number of hydrogen-bond acceptors (Lipinski definition) is 2. The first-order chi connectivity index (χ1) is 9.25. The summed E-state index contributed by atoms with van der Waals surface area (Å²) in [4.78, 5) is 7.57. The SMILES string of the molecule is CC(C)Oc1ccnc2[nH]cc(-c3ccccc3)c12. The second kappa shape index (κ2) is 4.76. The van der Waals surface area contributed by atoms with Crippen molar-refractivity contribution in [1.82, 2.24) is 9.97 Å². The van der Waals surface area contributed by atoms with Gasteiger partial charge in [-0.1, -0.05) is 30.3 Å². The van der Waals surface area contributed by atoms with Crippen LogP contribution < -0.4 is 4.74 Å². The van der Waals surface area contributed by atoms with Crippen LogP contribution in [-0.2, 0) is 0 Å². The summed E-state index contributed by atoms with van der Waals surface area (Å²) in [6.45, 7) is 4.06. The number of hydrogen-bond donors (Lipinski definition) is 1. The molecule has 0 bridgehead atoms. The summed E-state index contributed by atoms with van der Waals surface area (Å²) >= 11 is 0. The molecule has 0 aliphatic rings. The molecule has 0 unspecified atom stereocenters. The van der Waals surface area contributed by atoms with E-state index >= 15 is 0 Å². The fourth-order valence-electron chi connectivity index (χ4n) is 2.22. The molecule has 0 radical (unpaired) electrons. The van der Waals surface area contributed by atoms with Gasteiger partial charge in [0.1, 0.15) is 11.4 Å². The van der Waals surface area contributed by atoms with Crippen LogP contribution in [0.4, 0.5) is 0 Å². The number of aromatic nitrogens is 2. The molecule has 1 N–H and O–H groups in total. The number of benzene rings is 1. The van der Waals surface area contributed by atoms with Gasteiger partial charge >= 0.3 is 0 Å². The summed E-state index contributed by atoms with van der Waals surface area (Å²) in [6.07, 6.45) is 3.90. The molecular weight excluding hydrogens is 236 g/mol. The Bertz CT molecular complexity index is 686. The van der Waals surface area contributed by atoms with Crippen molar-refractivity contribution in [2.45, 2.75) is 20.0 Å². The van der Waals surface area contributed by atoms with Gasteiger partial charge < -0.3 is 9.72 Å². The second-order valence-corrected chi connectivity index (χ2v) is 4.77. The van der Waals surface area contributed by atoms with Gasteiger partial charge in [0.15, 0.2) is 0 Å². The third-order valence-corrected chi connectivity index (χ3v) is 2.98. The lowest BCUT2D eigenvalue weighted by atomic mass is 10.1. The predicted molar refractivity (Wildman–Crippen MR) is 77.3 cm³/mol. The Labute approximate surface area is 112 Å². The predicted octanol–water partition coefficient (Wildman–Crippen LogP) is 4.02. The maximum atomic E-state index is 5.89. The molecule has 2 aromatic heterocycles. The zero-order chi connectivity index (χ0) is 13.2. The van der Waals surface area contributed by atoms with E-state index in [1.54, 1.807) is 6.20 Å². The lowest BCUT2D eigenvalue weighted by Crippen LogP contribution is -2.05. The molecule has 3 rings (SSSR count). The van der Waals surface area contributed by atoms with Crippen molar-refractivity contribution in [3.63, 3.8) is 0 Å². The molecule has 1 aromatic carbocycles. The van der Waals surface area contributed by atoms with Crippen LogP contribution in [0.1, 0.15) is 13.8 Å². The number of pyridine rings is 1. The third kappa shape index (κ3) is 2.19. The lowest BCUT2D eigenvalue weighted by Gasteiger charge is -2.11. The van der Waals surface area contributed by atoms with Crippen molar-refractivity contribution in [3.05, 3.63) is 48.8 Å². The standard InChI is InChI=1S/C16H16N2O/c1-11(2)19-14-8-9-17-16-15(14)13(10-18-16)12-6-4-3-5-7-12/h3-11H,1-2H3,(H,17,18). The normalized spacial score (nSPS) is 11.1. The molecular formula is C16H16N2O. The lowest BCUT2D eigenvalue weighted by molar-refractivity contribution is 0.245. The number of H-pyrrole nitrogens is 1. The van der Waals surface area contributed by atoms with Crippen LogP contribution >= 0.6 is 0 Å². The van der Waals surface area contributed by atoms with Crippen molar-refractivity contribution in [2.24, 2.45) is 0 Å². The monoisotopic (exact) mass is 252 g/mol. The van der Waals surface area contributed by atoms with E-state index in [4.69, 9.17) is 4.74 Å². The summed E-state index contributed by atoms with van der Waals surface area (Å²) < 4.78 is 5.89. The highest BCUT2D eigenvalue weighted by atomic mass is 16.5. The van der Waals surface area contributed by atoms with Gasteiger partial charge in [0.25, 0.3) is 0 Å². The smallest absolute Gasteiger partial charge is 0.141 e. The van der Waals surface area contributed by atoms with E-state index in [9.17, 15) is 0 Å². The van der Waals surface area contributed by atoms with Crippen molar-refractivity contribution in [2.75, 3.05) is 0 Å². The van der Waals surface area contributed by atoms with Crippen molar-refractivity contribution in [1.29, 1.82) is 0 Å². The molecule has 0 atom stereocenters. The van der Waals surface area contributed by atoms with Gasteiger partial charge in [0, 0.05) is 18.0 Å². The first-order valence-electron chi connectivity index (χ1n) is 6.44. The molecule has 0 saturated heterocycles. The van der Waals surface area contributed by atoms with Crippen LogP contribution in [0.3, 0.4) is 0 Å². The molecule has 0 spiro atoms. The van der Waals surface area contributed by atoms with Crippen LogP contribution in [0.25, 0.3) is 22.2 Å². The Balaban J connectivity index is 2.21. The van der Waals surface area contributed by atoms with E-state index in [-0.39, 0.29) is 6.10 Å². The fraction of sp³-hybridized carbons (Fsp3) is 0.188. The van der Waals surface area contributed by atoms with E-state index in [0.29, 0.717) is 0 Å².